The number of hydrogen-bond acceptors (Lipinski definition) is 14. The lowest BCUT2D eigenvalue weighted by molar-refractivity contribution is -0.432. The van der Waals surface area contributed by atoms with Crippen LogP contribution in [0.3, 0.4) is 0 Å². The van der Waals surface area contributed by atoms with E-state index in [9.17, 15) is 0 Å². The van der Waals surface area contributed by atoms with Crippen LogP contribution < -0.4 is 16.0 Å². The van der Waals surface area contributed by atoms with Gasteiger partial charge in [0.1, 0.15) is 0 Å². The van der Waals surface area contributed by atoms with E-state index in [2.05, 4.69) is 45.5 Å². The second-order valence-electron chi connectivity index (χ2n) is 7.33. The molecule has 2 rings (SSSR count). The Morgan fingerprint density at radius 1 is 0.778 bits per heavy atom. The fourth-order valence-electron chi connectivity index (χ4n) is 2.87. The summed E-state index contributed by atoms with van der Waals surface area (Å²) in [6, 6.07) is 7.04. The molecule has 1 aromatic carbocycles. The van der Waals surface area contributed by atoms with Crippen molar-refractivity contribution in [1.82, 2.24) is 9.97 Å². The predicted octanol–water partition coefficient (Wildman–Crippen LogP) is 4.67. The summed E-state index contributed by atoms with van der Waals surface area (Å²) in [5.41, 5.74) is 1.10. The molecule has 0 bridgehead atoms. The summed E-state index contributed by atoms with van der Waals surface area (Å²) in [6.07, 6.45) is 2.41. The Hall–Kier alpha value is -2.59. The Labute approximate surface area is 215 Å². The minimum atomic E-state index is 0.473. The smallest absolute Gasteiger partial charge is 0.226 e. The van der Waals surface area contributed by atoms with Gasteiger partial charge in [0, 0.05) is 65.7 Å². The van der Waals surface area contributed by atoms with E-state index < -0.39 is 0 Å². The van der Waals surface area contributed by atoms with Crippen LogP contribution in [0.25, 0.3) is 0 Å². The Morgan fingerprint density at radius 2 is 1.31 bits per heavy atom. The summed E-state index contributed by atoms with van der Waals surface area (Å²) in [5.74, 6) is 1.57. The third-order valence-electron chi connectivity index (χ3n) is 4.59. The zero-order valence-electron chi connectivity index (χ0n) is 20.9. The van der Waals surface area contributed by atoms with Gasteiger partial charge in [0.2, 0.25) is 5.95 Å². The molecule has 4 N–H and O–H groups in total. The van der Waals surface area contributed by atoms with Crippen molar-refractivity contribution < 1.29 is 28.8 Å². The molecule has 0 atom stereocenters. The van der Waals surface area contributed by atoms with Crippen molar-refractivity contribution in [2.75, 3.05) is 76.7 Å². The fraction of sp³-hybridized carbons (Fsp3) is 0.545. The summed E-state index contributed by atoms with van der Waals surface area (Å²) in [7, 11) is 5.01. The molecular formula is C22H35N7O6S. The van der Waals surface area contributed by atoms with Gasteiger partial charge in [-0.25, -0.2) is 5.26 Å². The Balaban J connectivity index is 2.30. The number of aromatic nitrogens is 2. The van der Waals surface area contributed by atoms with Crippen LogP contribution in [-0.4, -0.2) is 76.0 Å². The third-order valence-corrected chi connectivity index (χ3v) is 5.18. The van der Waals surface area contributed by atoms with Crippen molar-refractivity contribution in [1.29, 1.82) is 0 Å². The molecule has 1 heterocycles. The molecule has 0 fully saturated rings. The summed E-state index contributed by atoms with van der Waals surface area (Å²) >= 11 is 0.866. The molecule has 13 nitrogen and oxygen atoms in total. The number of anilines is 3. The van der Waals surface area contributed by atoms with Crippen LogP contribution in [0.2, 0.25) is 0 Å². The third kappa shape index (κ3) is 11.4. The maximum atomic E-state index is 8.29. The molecule has 14 heteroatoms. The van der Waals surface area contributed by atoms with E-state index >= 15 is 0 Å². The van der Waals surface area contributed by atoms with E-state index in [1.807, 2.05) is 0 Å². The van der Waals surface area contributed by atoms with Gasteiger partial charge in [-0.15, -0.1) is 9.45 Å². The second kappa shape index (κ2) is 18.6. The minimum absolute atomic E-state index is 0.473. The SMILES string of the molecule is COCCCNc1nc(NCCCOC)c(N=Nc2ccc(SOOO)cc2)c(NCCCOC)n1. The molecule has 0 amide bonds. The van der Waals surface area contributed by atoms with Crippen LogP contribution in [-0.2, 0) is 23.6 Å². The first kappa shape index (κ1) is 29.6. The number of methoxy groups -OCH3 is 3. The molecule has 0 aliphatic carbocycles. The Bertz CT molecular complexity index is 859. The highest BCUT2D eigenvalue weighted by Gasteiger charge is 2.15. The first-order valence-electron chi connectivity index (χ1n) is 11.5. The highest BCUT2D eigenvalue weighted by atomic mass is 32.2. The number of benzene rings is 1. The average molecular weight is 526 g/mol. The van der Waals surface area contributed by atoms with Crippen LogP contribution in [0.4, 0.5) is 29.0 Å². The van der Waals surface area contributed by atoms with Gasteiger partial charge >= 0.3 is 0 Å². The van der Waals surface area contributed by atoms with Crippen LogP contribution in [0.1, 0.15) is 19.3 Å². The maximum Gasteiger partial charge on any atom is 0.226 e. The number of nitrogens with zero attached hydrogens (tertiary/aromatic N) is 4. The molecule has 0 aliphatic rings. The van der Waals surface area contributed by atoms with Gasteiger partial charge in [0.15, 0.2) is 17.3 Å². The van der Waals surface area contributed by atoms with Crippen LogP contribution in [0, 0.1) is 0 Å². The molecule has 0 spiro atoms. The fourth-order valence-corrected chi connectivity index (χ4v) is 3.23. The monoisotopic (exact) mass is 525 g/mol. The Morgan fingerprint density at radius 3 is 1.81 bits per heavy atom. The van der Waals surface area contributed by atoms with Gasteiger partial charge < -0.3 is 30.2 Å². The van der Waals surface area contributed by atoms with E-state index in [-0.39, 0.29) is 0 Å². The quantitative estimate of drug-likeness (QED) is 0.0625. The van der Waals surface area contributed by atoms with Crippen LogP contribution >= 0.6 is 12.0 Å². The highest BCUT2D eigenvalue weighted by Crippen LogP contribution is 2.34. The standard InChI is InChI=1S/C22H35N7O6S/c1-31-14-4-11-23-20-19(29-28-17-7-9-18(10-8-17)36-35-34-30)21(24-12-5-15-32-2)27-22(26-20)25-13-6-16-33-3/h7-10,30H,4-6,11-16H2,1-3H3,(H3,23,24,25,26,27). The molecule has 2 aromatic rings. The zero-order chi connectivity index (χ0) is 25.8. The van der Waals surface area contributed by atoms with Crippen molar-refractivity contribution in [3.8, 4) is 0 Å². The first-order chi connectivity index (χ1) is 17.7. The summed E-state index contributed by atoms with van der Waals surface area (Å²) in [4.78, 5) is 10.0. The van der Waals surface area contributed by atoms with E-state index in [4.69, 9.17) is 19.5 Å². The van der Waals surface area contributed by atoms with Crippen LogP contribution in [0.5, 0.6) is 0 Å². The zero-order valence-corrected chi connectivity index (χ0v) is 21.7. The number of hydrogen-bond donors (Lipinski definition) is 4. The lowest BCUT2D eigenvalue weighted by Crippen LogP contribution is -2.14. The minimum Gasteiger partial charge on any atom is -0.385 e. The maximum absolute atomic E-state index is 8.29. The van der Waals surface area contributed by atoms with Gasteiger partial charge in [-0.1, -0.05) is 5.04 Å². The Kier molecular flexibility index (Phi) is 15.4. The van der Waals surface area contributed by atoms with Gasteiger partial charge in [-0.2, -0.15) is 15.1 Å². The second-order valence-corrected chi connectivity index (χ2v) is 8.11. The van der Waals surface area contributed by atoms with Crippen molar-refractivity contribution in [2.45, 2.75) is 24.2 Å². The van der Waals surface area contributed by atoms with E-state index in [0.29, 0.717) is 68.4 Å². The number of azo groups is 1. The summed E-state index contributed by atoms with van der Waals surface area (Å²) in [5, 5.41) is 30.7. The molecule has 1 aromatic heterocycles. The summed E-state index contributed by atoms with van der Waals surface area (Å²) < 4.78 is 19.9. The molecule has 0 radical (unpaired) electrons. The highest BCUT2D eigenvalue weighted by molar-refractivity contribution is 7.94. The van der Waals surface area contributed by atoms with Crippen LogP contribution in [0.15, 0.2) is 39.4 Å². The van der Waals surface area contributed by atoms with Gasteiger partial charge in [0.25, 0.3) is 0 Å². The van der Waals surface area contributed by atoms with Gasteiger partial charge in [0.05, 0.1) is 17.7 Å². The molecule has 0 unspecified atom stereocenters. The number of ether oxygens (including phenoxy) is 3. The largest absolute Gasteiger partial charge is 0.385 e. The summed E-state index contributed by atoms with van der Waals surface area (Å²) in [6.45, 7) is 3.82. The van der Waals surface area contributed by atoms with E-state index in [1.54, 1.807) is 45.6 Å². The number of rotatable bonds is 20. The predicted molar refractivity (Wildman–Crippen MR) is 138 cm³/mol. The molecule has 200 valence electrons. The normalized spacial score (nSPS) is 11.2. The molecular weight excluding hydrogens is 490 g/mol. The molecule has 0 aliphatic heterocycles. The van der Waals surface area contributed by atoms with Gasteiger partial charge in [-0.3, -0.25) is 0 Å². The van der Waals surface area contributed by atoms with E-state index in [0.717, 1.165) is 36.2 Å². The van der Waals surface area contributed by atoms with E-state index in [1.165, 1.54) is 0 Å². The van der Waals surface area contributed by atoms with Crippen molar-refractivity contribution >= 4 is 41.0 Å². The lowest BCUT2D eigenvalue weighted by atomic mass is 10.3. The lowest BCUT2D eigenvalue weighted by Gasteiger charge is -2.15. The molecule has 0 saturated carbocycles. The van der Waals surface area contributed by atoms with Crippen molar-refractivity contribution in [3.05, 3.63) is 24.3 Å². The van der Waals surface area contributed by atoms with Crippen molar-refractivity contribution in [2.24, 2.45) is 10.2 Å². The molecule has 36 heavy (non-hydrogen) atoms. The van der Waals surface area contributed by atoms with Gasteiger partial charge in [-0.05, 0) is 43.5 Å². The van der Waals surface area contributed by atoms with Crippen molar-refractivity contribution in [3.63, 3.8) is 0 Å². The average Bonchev–Trinajstić information content (AvgIpc) is 2.90. The number of nitrogens with one attached hydrogen (secondary N) is 3. The molecule has 0 saturated heterocycles. The topological polar surface area (TPSA) is 153 Å². The first-order valence-corrected chi connectivity index (χ1v) is 12.2.